The van der Waals surface area contributed by atoms with Crippen molar-refractivity contribution >= 4 is 41.3 Å². The molecule has 1 atom stereocenters. The Labute approximate surface area is 147 Å². The summed E-state index contributed by atoms with van der Waals surface area (Å²) in [5, 5.41) is 8.79. The molecule has 0 aliphatic heterocycles. The Morgan fingerprint density at radius 1 is 1.14 bits per heavy atom. The number of thiophene rings is 1. The molecule has 1 unspecified atom stereocenters. The number of aliphatic imine (C=N–C) groups is 1. The van der Waals surface area contributed by atoms with Gasteiger partial charge in [0.15, 0.2) is 5.96 Å². The molecule has 2 rings (SSSR count). The van der Waals surface area contributed by atoms with E-state index >= 15 is 0 Å². The first-order valence-electron chi connectivity index (χ1n) is 6.81. The summed E-state index contributed by atoms with van der Waals surface area (Å²) in [6.45, 7) is 3.90. The maximum atomic E-state index is 4.25. The van der Waals surface area contributed by atoms with Crippen LogP contribution in [0.25, 0.3) is 0 Å². The third kappa shape index (κ3) is 6.05. The molecule has 1 heterocycles. The Hall–Kier alpha value is -1.08. The predicted octanol–water partition coefficient (Wildman–Crippen LogP) is 3.83. The zero-order valence-electron chi connectivity index (χ0n) is 12.4. The zero-order valence-corrected chi connectivity index (χ0v) is 15.5. The highest BCUT2D eigenvalue weighted by Gasteiger charge is 2.06. The van der Waals surface area contributed by atoms with Gasteiger partial charge in [0.05, 0.1) is 6.54 Å². The SMILES string of the molecule is CN=C(NCc1cccs1)NCC(C)c1ccccc1.I. The van der Waals surface area contributed by atoms with E-state index in [1.807, 2.05) is 6.07 Å². The fraction of sp³-hybridized carbons (Fsp3) is 0.312. The van der Waals surface area contributed by atoms with E-state index in [2.05, 4.69) is 64.3 Å². The number of hydrogen-bond donors (Lipinski definition) is 2. The maximum absolute atomic E-state index is 4.25. The van der Waals surface area contributed by atoms with Crippen molar-refractivity contribution in [2.24, 2.45) is 4.99 Å². The second kappa shape index (κ2) is 9.78. The van der Waals surface area contributed by atoms with Crippen LogP contribution in [0.3, 0.4) is 0 Å². The van der Waals surface area contributed by atoms with Gasteiger partial charge in [0, 0.05) is 18.5 Å². The Bertz CT molecular complexity index is 526. The van der Waals surface area contributed by atoms with Crippen LogP contribution in [-0.2, 0) is 6.54 Å². The normalized spacial score (nSPS) is 12.4. The topological polar surface area (TPSA) is 36.4 Å². The highest BCUT2D eigenvalue weighted by molar-refractivity contribution is 14.0. The van der Waals surface area contributed by atoms with Gasteiger partial charge in [-0.15, -0.1) is 35.3 Å². The van der Waals surface area contributed by atoms with Crippen LogP contribution in [0.4, 0.5) is 0 Å². The van der Waals surface area contributed by atoms with Crippen molar-refractivity contribution in [3.05, 3.63) is 58.3 Å². The number of nitrogens with zero attached hydrogens (tertiary/aromatic N) is 1. The quantitative estimate of drug-likeness (QED) is 0.443. The minimum absolute atomic E-state index is 0. The van der Waals surface area contributed by atoms with E-state index < -0.39 is 0 Å². The lowest BCUT2D eigenvalue weighted by molar-refractivity contribution is 0.700. The molecule has 0 spiro atoms. The van der Waals surface area contributed by atoms with E-state index in [-0.39, 0.29) is 24.0 Å². The molecule has 0 aliphatic carbocycles. The van der Waals surface area contributed by atoms with Crippen LogP contribution in [0, 0.1) is 0 Å². The van der Waals surface area contributed by atoms with Crippen LogP contribution in [0.15, 0.2) is 52.8 Å². The number of halogens is 1. The molecule has 2 N–H and O–H groups in total. The molecule has 0 bridgehead atoms. The van der Waals surface area contributed by atoms with Crippen LogP contribution in [-0.4, -0.2) is 19.6 Å². The highest BCUT2D eigenvalue weighted by atomic mass is 127. The molecule has 3 nitrogen and oxygen atoms in total. The third-order valence-corrected chi connectivity index (χ3v) is 4.05. The van der Waals surface area contributed by atoms with Crippen LogP contribution in [0.2, 0.25) is 0 Å². The number of guanidine groups is 1. The molecule has 0 amide bonds. The Morgan fingerprint density at radius 2 is 1.90 bits per heavy atom. The van der Waals surface area contributed by atoms with Gasteiger partial charge in [-0.25, -0.2) is 0 Å². The maximum Gasteiger partial charge on any atom is 0.191 e. The molecule has 0 saturated heterocycles. The van der Waals surface area contributed by atoms with Gasteiger partial charge in [-0.2, -0.15) is 0 Å². The van der Waals surface area contributed by atoms with Crippen molar-refractivity contribution in [2.45, 2.75) is 19.4 Å². The summed E-state index contributed by atoms with van der Waals surface area (Å²) in [6.07, 6.45) is 0. The van der Waals surface area contributed by atoms with Gasteiger partial charge in [-0.3, -0.25) is 4.99 Å². The van der Waals surface area contributed by atoms with Gasteiger partial charge in [0.1, 0.15) is 0 Å². The Balaban J connectivity index is 0.00000220. The van der Waals surface area contributed by atoms with Gasteiger partial charge in [0.2, 0.25) is 0 Å². The van der Waals surface area contributed by atoms with Crippen molar-refractivity contribution < 1.29 is 0 Å². The molecule has 1 aromatic carbocycles. The molecular weight excluding hydrogens is 393 g/mol. The summed E-state index contributed by atoms with van der Waals surface area (Å²) in [4.78, 5) is 5.56. The van der Waals surface area contributed by atoms with Crippen LogP contribution in [0.5, 0.6) is 0 Å². The van der Waals surface area contributed by atoms with E-state index in [4.69, 9.17) is 0 Å². The Morgan fingerprint density at radius 3 is 2.52 bits per heavy atom. The van der Waals surface area contributed by atoms with Crippen molar-refractivity contribution in [2.75, 3.05) is 13.6 Å². The van der Waals surface area contributed by atoms with Crippen LogP contribution in [0.1, 0.15) is 23.3 Å². The van der Waals surface area contributed by atoms with Gasteiger partial charge < -0.3 is 10.6 Å². The summed E-state index contributed by atoms with van der Waals surface area (Å²) in [6, 6.07) is 14.7. The minimum atomic E-state index is 0. The molecule has 1 aromatic heterocycles. The van der Waals surface area contributed by atoms with Crippen molar-refractivity contribution in [3.8, 4) is 0 Å². The summed E-state index contributed by atoms with van der Waals surface area (Å²) < 4.78 is 0. The lowest BCUT2D eigenvalue weighted by Gasteiger charge is -2.16. The first-order valence-corrected chi connectivity index (χ1v) is 7.69. The van der Waals surface area contributed by atoms with Gasteiger partial charge >= 0.3 is 0 Å². The fourth-order valence-electron chi connectivity index (χ4n) is 1.95. The lowest BCUT2D eigenvalue weighted by atomic mass is 10.0. The molecule has 0 saturated carbocycles. The molecule has 114 valence electrons. The minimum Gasteiger partial charge on any atom is -0.356 e. The van der Waals surface area contributed by atoms with Crippen molar-refractivity contribution in [3.63, 3.8) is 0 Å². The van der Waals surface area contributed by atoms with Crippen LogP contribution < -0.4 is 10.6 Å². The number of hydrogen-bond acceptors (Lipinski definition) is 2. The molecule has 0 radical (unpaired) electrons. The largest absolute Gasteiger partial charge is 0.356 e. The average Bonchev–Trinajstić information content (AvgIpc) is 3.01. The highest BCUT2D eigenvalue weighted by Crippen LogP contribution is 2.13. The smallest absolute Gasteiger partial charge is 0.191 e. The molecular formula is C16H22IN3S. The summed E-state index contributed by atoms with van der Waals surface area (Å²) in [7, 11) is 1.80. The van der Waals surface area contributed by atoms with Gasteiger partial charge in [0.25, 0.3) is 0 Å². The third-order valence-electron chi connectivity index (χ3n) is 3.18. The Kier molecular flexibility index (Phi) is 8.37. The molecule has 2 aromatic rings. The molecule has 5 heteroatoms. The van der Waals surface area contributed by atoms with E-state index in [0.29, 0.717) is 5.92 Å². The van der Waals surface area contributed by atoms with Crippen molar-refractivity contribution in [1.82, 2.24) is 10.6 Å². The first-order chi connectivity index (χ1) is 9.79. The number of rotatable bonds is 5. The summed E-state index contributed by atoms with van der Waals surface area (Å²) >= 11 is 1.75. The fourth-order valence-corrected chi connectivity index (χ4v) is 2.60. The summed E-state index contributed by atoms with van der Waals surface area (Å²) in [5.74, 6) is 1.30. The van der Waals surface area contributed by atoms with Crippen LogP contribution >= 0.6 is 35.3 Å². The second-order valence-electron chi connectivity index (χ2n) is 4.70. The monoisotopic (exact) mass is 415 g/mol. The molecule has 0 aliphatic rings. The van der Waals surface area contributed by atoms with E-state index in [9.17, 15) is 0 Å². The van der Waals surface area contributed by atoms with Gasteiger partial charge in [-0.1, -0.05) is 43.3 Å². The molecule has 21 heavy (non-hydrogen) atoms. The van der Waals surface area contributed by atoms with E-state index in [1.165, 1.54) is 10.4 Å². The van der Waals surface area contributed by atoms with Crippen molar-refractivity contribution in [1.29, 1.82) is 0 Å². The predicted molar refractivity (Wildman–Crippen MR) is 103 cm³/mol. The number of nitrogens with one attached hydrogen (secondary N) is 2. The average molecular weight is 415 g/mol. The molecule has 0 fully saturated rings. The van der Waals surface area contributed by atoms with E-state index in [0.717, 1.165) is 19.0 Å². The summed E-state index contributed by atoms with van der Waals surface area (Å²) in [5.41, 5.74) is 1.34. The van der Waals surface area contributed by atoms with Gasteiger partial charge in [-0.05, 0) is 22.9 Å². The standard InChI is InChI=1S/C16H21N3S.HI/c1-13(14-7-4-3-5-8-14)11-18-16(17-2)19-12-15-9-6-10-20-15;/h3-10,13H,11-12H2,1-2H3,(H2,17,18,19);1H. The number of benzene rings is 1. The zero-order chi connectivity index (χ0) is 14.2. The second-order valence-corrected chi connectivity index (χ2v) is 5.73. The lowest BCUT2D eigenvalue weighted by Crippen LogP contribution is -2.38. The van der Waals surface area contributed by atoms with E-state index in [1.54, 1.807) is 18.4 Å². The first kappa shape index (κ1) is 18.0.